The van der Waals surface area contributed by atoms with Crippen molar-refractivity contribution in [3.63, 3.8) is 0 Å². The van der Waals surface area contributed by atoms with Crippen LogP contribution in [-0.2, 0) is 11.3 Å². The number of halogens is 2. The number of hydrogen-bond acceptors (Lipinski definition) is 5. The summed E-state index contributed by atoms with van der Waals surface area (Å²) in [5.41, 5.74) is 0.325. The number of thioether (sulfide) groups is 1. The molecule has 1 aromatic heterocycles. The first-order valence-electron chi connectivity index (χ1n) is 10.1. The van der Waals surface area contributed by atoms with Gasteiger partial charge in [-0.25, -0.2) is 0 Å². The average Bonchev–Trinajstić information content (AvgIpc) is 3.36. The number of carbonyl (C=O) groups excluding carboxylic acids is 2. The maximum Gasteiger partial charge on any atom is 0.253 e. The molecule has 0 spiro atoms. The third kappa shape index (κ3) is 6.24. The summed E-state index contributed by atoms with van der Waals surface area (Å²) in [6.07, 6.45) is 6.14. The van der Waals surface area contributed by atoms with Gasteiger partial charge in [0.25, 0.3) is 5.91 Å². The number of nitrogens with one attached hydrogen (secondary N) is 2. The van der Waals surface area contributed by atoms with Crippen molar-refractivity contribution < 1.29 is 9.59 Å². The van der Waals surface area contributed by atoms with Crippen LogP contribution in [0.1, 0.15) is 54.8 Å². The van der Waals surface area contributed by atoms with Crippen LogP contribution in [0.15, 0.2) is 36.0 Å². The first-order valence-corrected chi connectivity index (χ1v) is 11.8. The summed E-state index contributed by atoms with van der Waals surface area (Å²) in [5.74, 6) is 0.474. The van der Waals surface area contributed by atoms with E-state index < -0.39 is 6.04 Å². The highest BCUT2D eigenvalue weighted by Crippen LogP contribution is 2.24. The number of rotatable bonds is 9. The molecule has 0 bridgehead atoms. The van der Waals surface area contributed by atoms with E-state index >= 15 is 0 Å². The quantitative estimate of drug-likeness (QED) is 0.408. The smallest absolute Gasteiger partial charge is 0.253 e. The van der Waals surface area contributed by atoms with Crippen molar-refractivity contribution in [2.75, 3.05) is 5.75 Å². The molecular formula is C21H25Cl2N5O2S. The third-order valence-corrected chi connectivity index (χ3v) is 6.53. The number of allylic oxidation sites excluding steroid dienone is 1. The lowest BCUT2D eigenvalue weighted by molar-refractivity contribution is -0.119. The van der Waals surface area contributed by atoms with Crippen LogP contribution in [0.5, 0.6) is 0 Å². The predicted octanol–water partition coefficient (Wildman–Crippen LogP) is 4.41. The zero-order chi connectivity index (χ0) is 22.4. The van der Waals surface area contributed by atoms with Crippen molar-refractivity contribution in [3.05, 3.63) is 52.3 Å². The topological polar surface area (TPSA) is 88.9 Å². The Bertz CT molecular complexity index is 959. The van der Waals surface area contributed by atoms with Gasteiger partial charge in [-0.3, -0.25) is 9.59 Å². The van der Waals surface area contributed by atoms with E-state index in [1.165, 1.54) is 30.7 Å². The first kappa shape index (κ1) is 23.6. The molecular weight excluding hydrogens is 457 g/mol. The molecule has 2 amide bonds. The Balaban J connectivity index is 1.66. The molecule has 1 aromatic carbocycles. The van der Waals surface area contributed by atoms with Crippen LogP contribution in [0.25, 0.3) is 0 Å². The maximum atomic E-state index is 12.6. The summed E-state index contributed by atoms with van der Waals surface area (Å²) in [7, 11) is 0. The van der Waals surface area contributed by atoms with Crippen molar-refractivity contribution in [2.24, 2.45) is 0 Å². The van der Waals surface area contributed by atoms with Crippen molar-refractivity contribution in [1.82, 2.24) is 25.4 Å². The van der Waals surface area contributed by atoms with Crippen LogP contribution in [0.4, 0.5) is 0 Å². The standard InChI is InChI=1S/C21H25Cl2N5O2S/c1-3-10-28-19(13(2)24-20(30)16-9-8-14(22)11-17(16)23)26-27-21(28)31-12-18(29)25-15-6-4-5-7-15/h3,8-9,11,13,15H,1,4-7,10,12H2,2H3,(H,24,30)(H,25,29)/t13-/m0/s1. The average molecular weight is 482 g/mol. The number of aromatic nitrogens is 3. The number of amides is 2. The molecule has 1 aliphatic rings. The predicted molar refractivity (Wildman–Crippen MR) is 124 cm³/mol. The fourth-order valence-corrected chi connectivity index (χ4v) is 4.77. The van der Waals surface area contributed by atoms with Crippen LogP contribution in [0.3, 0.4) is 0 Å². The summed E-state index contributed by atoms with van der Waals surface area (Å²) in [6.45, 7) is 6.05. The van der Waals surface area contributed by atoms with E-state index in [4.69, 9.17) is 23.2 Å². The molecule has 3 rings (SSSR count). The lowest BCUT2D eigenvalue weighted by Gasteiger charge is -2.16. The number of hydrogen-bond donors (Lipinski definition) is 2. The summed E-state index contributed by atoms with van der Waals surface area (Å²) in [6, 6.07) is 4.55. The van der Waals surface area contributed by atoms with Gasteiger partial charge in [0.05, 0.1) is 22.4 Å². The van der Waals surface area contributed by atoms with Gasteiger partial charge in [-0.05, 0) is 38.0 Å². The number of benzene rings is 1. The normalized spacial score (nSPS) is 14.9. The maximum absolute atomic E-state index is 12.6. The summed E-state index contributed by atoms with van der Waals surface area (Å²) < 4.78 is 1.84. The highest BCUT2D eigenvalue weighted by atomic mass is 35.5. The molecule has 2 N–H and O–H groups in total. The van der Waals surface area contributed by atoms with E-state index in [1.807, 2.05) is 11.5 Å². The van der Waals surface area contributed by atoms with Crippen molar-refractivity contribution in [1.29, 1.82) is 0 Å². The molecule has 0 aliphatic heterocycles. The Kier molecular flexibility index (Phi) is 8.40. The minimum atomic E-state index is -0.437. The molecule has 1 saturated carbocycles. The van der Waals surface area contributed by atoms with E-state index in [0.717, 1.165) is 12.8 Å². The summed E-state index contributed by atoms with van der Waals surface area (Å²) in [5, 5.41) is 15.7. The highest BCUT2D eigenvalue weighted by Gasteiger charge is 2.22. The van der Waals surface area contributed by atoms with E-state index in [9.17, 15) is 9.59 Å². The molecule has 0 unspecified atom stereocenters. The van der Waals surface area contributed by atoms with Gasteiger partial charge in [0.1, 0.15) is 0 Å². The molecule has 0 saturated heterocycles. The van der Waals surface area contributed by atoms with E-state index in [-0.39, 0.29) is 28.6 Å². The Morgan fingerprint density at radius 3 is 2.74 bits per heavy atom. The minimum absolute atomic E-state index is 0.00895. The van der Waals surface area contributed by atoms with Crippen LogP contribution in [0, 0.1) is 0 Å². The Labute approximate surface area is 196 Å². The number of carbonyl (C=O) groups is 2. The van der Waals surface area contributed by atoms with E-state index in [2.05, 4.69) is 27.4 Å². The number of nitrogens with zero attached hydrogens (tertiary/aromatic N) is 3. The van der Waals surface area contributed by atoms with Gasteiger partial charge in [-0.2, -0.15) is 0 Å². The fourth-order valence-electron chi connectivity index (χ4n) is 3.51. The van der Waals surface area contributed by atoms with Gasteiger partial charge in [-0.15, -0.1) is 16.8 Å². The zero-order valence-corrected chi connectivity index (χ0v) is 19.6. The van der Waals surface area contributed by atoms with Crippen LogP contribution in [-0.4, -0.2) is 38.4 Å². The molecule has 2 aromatic rings. The van der Waals surface area contributed by atoms with Gasteiger partial charge < -0.3 is 15.2 Å². The Morgan fingerprint density at radius 2 is 2.06 bits per heavy atom. The monoisotopic (exact) mass is 481 g/mol. The van der Waals surface area contributed by atoms with E-state index in [1.54, 1.807) is 18.2 Å². The lowest BCUT2D eigenvalue weighted by Crippen LogP contribution is -2.33. The summed E-state index contributed by atoms with van der Waals surface area (Å²) >= 11 is 13.4. The first-order chi connectivity index (χ1) is 14.9. The molecule has 10 heteroatoms. The highest BCUT2D eigenvalue weighted by molar-refractivity contribution is 7.99. The second-order valence-corrected chi connectivity index (χ2v) is 9.18. The Morgan fingerprint density at radius 1 is 1.32 bits per heavy atom. The minimum Gasteiger partial charge on any atom is -0.353 e. The molecule has 1 heterocycles. The molecule has 166 valence electrons. The molecule has 0 radical (unpaired) electrons. The lowest BCUT2D eigenvalue weighted by atomic mass is 10.2. The van der Waals surface area contributed by atoms with Crippen molar-refractivity contribution in [2.45, 2.75) is 56.4 Å². The fraction of sp³-hybridized carbons (Fsp3) is 0.429. The van der Waals surface area contributed by atoms with Crippen LogP contribution in [0.2, 0.25) is 10.0 Å². The molecule has 7 nitrogen and oxygen atoms in total. The third-order valence-electron chi connectivity index (χ3n) is 5.02. The Hall–Kier alpha value is -2.03. The largest absolute Gasteiger partial charge is 0.353 e. The van der Waals surface area contributed by atoms with Gasteiger partial charge in [-0.1, -0.05) is 53.9 Å². The zero-order valence-electron chi connectivity index (χ0n) is 17.2. The van der Waals surface area contributed by atoms with Gasteiger partial charge >= 0.3 is 0 Å². The van der Waals surface area contributed by atoms with Crippen molar-refractivity contribution in [3.8, 4) is 0 Å². The van der Waals surface area contributed by atoms with Gasteiger partial charge in [0.15, 0.2) is 11.0 Å². The second-order valence-electron chi connectivity index (χ2n) is 7.40. The SMILES string of the molecule is C=CCn1c(SCC(=O)NC2CCCC2)nnc1[C@H](C)NC(=O)c1ccc(Cl)cc1Cl. The van der Waals surface area contributed by atoms with Crippen molar-refractivity contribution >= 4 is 46.8 Å². The van der Waals surface area contributed by atoms with Crippen LogP contribution >= 0.6 is 35.0 Å². The van der Waals surface area contributed by atoms with E-state index in [0.29, 0.717) is 28.1 Å². The molecule has 1 atom stereocenters. The molecule has 1 fully saturated rings. The summed E-state index contributed by atoms with van der Waals surface area (Å²) in [4.78, 5) is 24.9. The molecule has 31 heavy (non-hydrogen) atoms. The van der Waals surface area contributed by atoms with Gasteiger partial charge in [0.2, 0.25) is 5.91 Å². The second kappa shape index (κ2) is 11.0. The van der Waals surface area contributed by atoms with Crippen LogP contribution < -0.4 is 10.6 Å². The molecule has 1 aliphatic carbocycles. The van der Waals surface area contributed by atoms with Gasteiger partial charge in [0, 0.05) is 17.6 Å².